The second-order valence-corrected chi connectivity index (χ2v) is 19.6. The van der Waals surface area contributed by atoms with Gasteiger partial charge >= 0.3 is 0 Å². The summed E-state index contributed by atoms with van der Waals surface area (Å²) in [5.74, 6) is -2.25. The standard InChI is InChI=1S/2C23H27F3N4S.2ClH/c2*1-13(2)8-17-11-18-22(27-12-28-23(18)31-17)29-16-4-6-30(7-5-16)14(3)21-19(25)9-15(24)10-20(21)26;;/h2*9-14,16H,4-8H2,1-3H3,(H,27,28,29);2*1H. The third-order valence-electron chi connectivity index (χ3n) is 11.7. The number of piperidine rings is 2. The molecule has 348 valence electrons. The van der Waals surface area contributed by atoms with Gasteiger partial charge < -0.3 is 10.6 Å². The SMILES string of the molecule is CC(C)Cc1cc2c(NC3CCN(C(C)c4c(F)cc(F)cc4F)CC3)ncnc2s1.CC(C)Cc1cc2c(NC3CCN(C(C)c4c(F)cc(F)cc4F)CC3)ncnc2s1.Cl.Cl. The van der Waals surface area contributed by atoms with Crippen molar-refractivity contribution in [3.8, 4) is 0 Å². The van der Waals surface area contributed by atoms with E-state index in [1.165, 1.54) is 9.75 Å². The number of rotatable bonds is 12. The molecule has 2 aliphatic heterocycles. The first kappa shape index (κ1) is 51.2. The van der Waals surface area contributed by atoms with Crippen LogP contribution in [0.25, 0.3) is 20.4 Å². The molecule has 0 aliphatic carbocycles. The van der Waals surface area contributed by atoms with Crippen molar-refractivity contribution >= 4 is 79.6 Å². The topological polar surface area (TPSA) is 82.1 Å². The summed E-state index contributed by atoms with van der Waals surface area (Å²) in [7, 11) is 0. The molecule has 6 heterocycles. The van der Waals surface area contributed by atoms with Crippen LogP contribution < -0.4 is 10.6 Å². The number of likely N-dealkylation sites (tertiary alicyclic amines) is 2. The predicted octanol–water partition coefficient (Wildman–Crippen LogP) is 12.7. The van der Waals surface area contributed by atoms with Gasteiger partial charge in [0.1, 0.15) is 68.9 Å². The highest BCUT2D eigenvalue weighted by Crippen LogP contribution is 2.35. The molecule has 8 nitrogen and oxygen atoms in total. The number of nitrogens with one attached hydrogen (secondary N) is 2. The van der Waals surface area contributed by atoms with Crippen molar-refractivity contribution in [3.05, 3.63) is 105 Å². The summed E-state index contributed by atoms with van der Waals surface area (Å²) in [4.78, 5) is 26.4. The average molecular weight is 970 g/mol. The number of benzene rings is 2. The van der Waals surface area contributed by atoms with Gasteiger partial charge in [0.05, 0.1) is 10.8 Å². The number of thiophene rings is 2. The lowest BCUT2D eigenvalue weighted by Gasteiger charge is -2.36. The van der Waals surface area contributed by atoms with Crippen molar-refractivity contribution < 1.29 is 26.3 Å². The quantitative estimate of drug-likeness (QED) is 0.117. The third-order valence-corrected chi connectivity index (χ3v) is 13.9. The smallest absolute Gasteiger partial charge is 0.138 e. The minimum atomic E-state index is -0.894. The van der Waals surface area contributed by atoms with E-state index in [4.69, 9.17) is 0 Å². The van der Waals surface area contributed by atoms with Crippen LogP contribution in [0.4, 0.5) is 38.0 Å². The molecule has 8 rings (SSSR count). The van der Waals surface area contributed by atoms with E-state index in [2.05, 4.69) is 70.4 Å². The van der Waals surface area contributed by atoms with Crippen LogP contribution in [0.5, 0.6) is 0 Å². The Morgan fingerprint density at radius 1 is 0.531 bits per heavy atom. The monoisotopic (exact) mass is 968 g/mol. The number of fused-ring (bicyclic) bond motifs is 2. The van der Waals surface area contributed by atoms with Crippen molar-refractivity contribution in [2.75, 3.05) is 36.8 Å². The van der Waals surface area contributed by atoms with Crippen molar-refractivity contribution in [2.45, 2.75) is 104 Å². The highest BCUT2D eigenvalue weighted by atomic mass is 35.5. The molecule has 4 aromatic heterocycles. The van der Waals surface area contributed by atoms with Gasteiger partial charge in [-0.05, 0) is 76.3 Å². The second kappa shape index (κ2) is 22.6. The van der Waals surface area contributed by atoms with Gasteiger partial charge in [0.25, 0.3) is 0 Å². The molecular formula is C46H56Cl2F6N8S2. The van der Waals surface area contributed by atoms with Crippen molar-refractivity contribution in [3.63, 3.8) is 0 Å². The van der Waals surface area contributed by atoms with Crippen LogP contribution in [-0.2, 0) is 12.8 Å². The van der Waals surface area contributed by atoms with Crippen LogP contribution in [0, 0.1) is 46.7 Å². The van der Waals surface area contributed by atoms with E-state index >= 15 is 0 Å². The molecule has 18 heteroatoms. The summed E-state index contributed by atoms with van der Waals surface area (Å²) in [5.41, 5.74) is -0.137. The number of halogens is 8. The number of nitrogens with zero attached hydrogens (tertiary/aromatic N) is 6. The summed E-state index contributed by atoms with van der Waals surface area (Å²) in [5, 5.41) is 9.20. The zero-order valence-corrected chi connectivity index (χ0v) is 40.0. The maximum absolute atomic E-state index is 14.2. The van der Waals surface area contributed by atoms with E-state index in [0.29, 0.717) is 38.0 Å². The minimum absolute atomic E-state index is 0. The molecule has 2 fully saturated rings. The molecular weight excluding hydrogens is 914 g/mol. The molecule has 64 heavy (non-hydrogen) atoms. The van der Waals surface area contributed by atoms with Crippen molar-refractivity contribution in [1.29, 1.82) is 0 Å². The van der Waals surface area contributed by atoms with Crippen LogP contribution in [0.15, 0.2) is 49.1 Å². The highest BCUT2D eigenvalue weighted by Gasteiger charge is 2.30. The lowest BCUT2D eigenvalue weighted by atomic mass is 9.99. The first-order chi connectivity index (χ1) is 29.6. The van der Waals surface area contributed by atoms with Gasteiger partial charge in [0.2, 0.25) is 0 Å². The largest absolute Gasteiger partial charge is 0.367 e. The number of anilines is 2. The number of hydrogen-bond donors (Lipinski definition) is 2. The summed E-state index contributed by atoms with van der Waals surface area (Å²) < 4.78 is 83.2. The molecule has 0 radical (unpaired) electrons. The molecule has 0 amide bonds. The van der Waals surface area contributed by atoms with E-state index in [1.807, 2.05) is 9.80 Å². The molecule has 0 spiro atoms. The molecule has 2 N–H and O–H groups in total. The first-order valence-electron chi connectivity index (χ1n) is 21.4. The predicted molar refractivity (Wildman–Crippen MR) is 252 cm³/mol. The van der Waals surface area contributed by atoms with E-state index in [-0.39, 0.29) is 48.0 Å². The van der Waals surface area contributed by atoms with Crippen molar-refractivity contribution in [1.82, 2.24) is 29.7 Å². The fourth-order valence-electron chi connectivity index (χ4n) is 8.57. The Morgan fingerprint density at radius 3 is 1.17 bits per heavy atom. The Labute approximate surface area is 391 Å². The van der Waals surface area contributed by atoms with Gasteiger partial charge in [-0.3, -0.25) is 9.80 Å². The third kappa shape index (κ3) is 12.3. The van der Waals surface area contributed by atoms with Crippen LogP contribution in [0.2, 0.25) is 0 Å². The Kier molecular flexibility index (Phi) is 18.1. The van der Waals surface area contributed by atoms with Crippen LogP contribution in [0.1, 0.15) is 100 Å². The van der Waals surface area contributed by atoms with E-state index in [1.54, 1.807) is 49.2 Å². The average Bonchev–Trinajstić information content (AvgIpc) is 3.81. The molecule has 2 unspecified atom stereocenters. The molecule has 2 atom stereocenters. The summed E-state index contributed by atoms with van der Waals surface area (Å²) in [6.07, 6.45) is 8.52. The first-order valence-corrected chi connectivity index (χ1v) is 23.0. The molecule has 6 aromatic rings. The Morgan fingerprint density at radius 2 is 0.859 bits per heavy atom. The lowest BCUT2D eigenvalue weighted by Crippen LogP contribution is -2.40. The summed E-state index contributed by atoms with van der Waals surface area (Å²) >= 11 is 3.42. The Bertz CT molecular complexity index is 2260. The fraction of sp³-hybridized carbons (Fsp3) is 0.478. The lowest BCUT2D eigenvalue weighted by molar-refractivity contribution is 0.161. The highest BCUT2D eigenvalue weighted by molar-refractivity contribution is 7.19. The van der Waals surface area contributed by atoms with Crippen LogP contribution in [0.3, 0.4) is 0 Å². The van der Waals surface area contributed by atoms with Gasteiger partial charge in [-0.15, -0.1) is 47.5 Å². The van der Waals surface area contributed by atoms with Crippen LogP contribution in [-0.4, -0.2) is 68.0 Å². The molecule has 2 aliphatic rings. The summed E-state index contributed by atoms with van der Waals surface area (Å²) in [6.45, 7) is 15.1. The van der Waals surface area contributed by atoms with E-state index in [9.17, 15) is 26.3 Å². The van der Waals surface area contributed by atoms with Crippen molar-refractivity contribution in [2.24, 2.45) is 11.8 Å². The van der Waals surface area contributed by atoms with Gasteiger partial charge in [0.15, 0.2) is 0 Å². The van der Waals surface area contributed by atoms with E-state index in [0.717, 1.165) is 94.9 Å². The molecule has 2 saturated heterocycles. The van der Waals surface area contributed by atoms with Gasteiger partial charge in [0, 0.05) is 95.5 Å². The van der Waals surface area contributed by atoms with Gasteiger partial charge in [-0.2, -0.15) is 0 Å². The molecule has 2 aromatic carbocycles. The second-order valence-electron chi connectivity index (χ2n) is 17.3. The Balaban J connectivity index is 0.000000234. The van der Waals surface area contributed by atoms with Crippen LogP contribution >= 0.6 is 47.5 Å². The fourth-order valence-corrected chi connectivity index (χ4v) is 11.0. The minimum Gasteiger partial charge on any atom is -0.367 e. The molecule has 0 bridgehead atoms. The summed E-state index contributed by atoms with van der Waals surface area (Å²) in [6, 6.07) is 6.88. The maximum atomic E-state index is 14.2. The zero-order valence-electron chi connectivity index (χ0n) is 36.7. The normalized spacial score (nSPS) is 16.3. The molecule has 0 saturated carbocycles. The van der Waals surface area contributed by atoms with Gasteiger partial charge in [-0.25, -0.2) is 46.3 Å². The van der Waals surface area contributed by atoms with Gasteiger partial charge in [-0.1, -0.05) is 27.7 Å². The number of aromatic nitrogens is 4. The van der Waals surface area contributed by atoms with E-state index < -0.39 is 47.0 Å². The maximum Gasteiger partial charge on any atom is 0.138 e. The number of hydrogen-bond acceptors (Lipinski definition) is 10. The zero-order chi connectivity index (χ0) is 44.2. The Hall–Kier alpha value is -3.80.